The van der Waals surface area contributed by atoms with E-state index in [-0.39, 0.29) is 13.0 Å². The highest BCUT2D eigenvalue weighted by atomic mass is 31.2. The summed E-state index contributed by atoms with van der Waals surface area (Å²) in [5.41, 5.74) is 5.35. The normalized spacial score (nSPS) is 14.5. The maximum absolute atomic E-state index is 12.6. The summed E-state index contributed by atoms with van der Waals surface area (Å²) in [7, 11) is -4.62. The number of carbonyl (C=O) groups is 2. The average molecular weight is 770 g/mol. The number of esters is 1. The van der Waals surface area contributed by atoms with Gasteiger partial charge in [0.05, 0.1) is 19.8 Å². The highest BCUT2D eigenvalue weighted by molar-refractivity contribution is 7.47. The van der Waals surface area contributed by atoms with Crippen molar-refractivity contribution in [3.05, 3.63) is 48.6 Å². The molecule has 0 rings (SSSR count). The number of rotatable bonds is 39. The fraction of sp³-hybridized carbons (Fsp3) is 0.762. The lowest BCUT2D eigenvalue weighted by Gasteiger charge is -2.20. The molecule has 0 aromatic rings. The van der Waals surface area contributed by atoms with Crippen LogP contribution in [0.15, 0.2) is 48.6 Å². The molecule has 0 radical (unpaired) electrons. The van der Waals surface area contributed by atoms with Crippen molar-refractivity contribution in [3.63, 3.8) is 0 Å². The van der Waals surface area contributed by atoms with Gasteiger partial charge in [0, 0.05) is 13.0 Å². The molecule has 53 heavy (non-hydrogen) atoms. The Morgan fingerprint density at radius 2 is 1.09 bits per heavy atom. The maximum Gasteiger partial charge on any atom is 0.472 e. The number of carboxylic acid groups (broad SMARTS) is 1. The predicted molar refractivity (Wildman–Crippen MR) is 217 cm³/mol. The van der Waals surface area contributed by atoms with Crippen molar-refractivity contribution in [1.29, 1.82) is 0 Å². The van der Waals surface area contributed by atoms with E-state index in [0.717, 1.165) is 77.0 Å². The molecule has 0 amide bonds. The minimum absolute atomic E-state index is 0.00369. The fourth-order valence-corrected chi connectivity index (χ4v) is 6.15. The van der Waals surface area contributed by atoms with Crippen LogP contribution in [0.5, 0.6) is 0 Å². The van der Waals surface area contributed by atoms with Gasteiger partial charge in [0.25, 0.3) is 0 Å². The van der Waals surface area contributed by atoms with Gasteiger partial charge in [0.1, 0.15) is 12.1 Å². The van der Waals surface area contributed by atoms with Gasteiger partial charge in [-0.3, -0.25) is 18.6 Å². The zero-order valence-corrected chi connectivity index (χ0v) is 34.2. The lowest BCUT2D eigenvalue weighted by Crippen LogP contribution is -2.34. The summed E-state index contributed by atoms with van der Waals surface area (Å²) in [5.74, 6) is -1.80. The Balaban J connectivity index is 4.31. The number of phosphoric ester groups is 1. The van der Waals surface area contributed by atoms with Crippen LogP contribution in [0.25, 0.3) is 0 Å². The highest BCUT2D eigenvalue weighted by Crippen LogP contribution is 2.43. The Kier molecular flexibility index (Phi) is 36.7. The second kappa shape index (κ2) is 38.2. The number of hydrogen-bond donors (Lipinski definition) is 3. The van der Waals surface area contributed by atoms with Crippen molar-refractivity contribution in [1.82, 2.24) is 0 Å². The number of aliphatic carboxylic acids is 1. The Morgan fingerprint density at radius 1 is 0.623 bits per heavy atom. The SMILES string of the molecule is CC/C=C\C/C=C\C/C=C\CCCCCCCCOCC(COP(=O)(O)OCC(N)C(=O)O)OC(=O)CCCCCCC/C=C\CCCCCCCC. The van der Waals surface area contributed by atoms with Crippen LogP contribution < -0.4 is 5.73 Å². The van der Waals surface area contributed by atoms with E-state index in [1.807, 2.05) is 0 Å². The third kappa shape index (κ3) is 38.0. The Labute approximate surface area is 322 Å². The molecule has 0 saturated heterocycles. The number of carbonyl (C=O) groups excluding carboxylic acids is 1. The molecule has 4 N–H and O–H groups in total. The zero-order valence-electron chi connectivity index (χ0n) is 33.3. The quantitative estimate of drug-likeness (QED) is 0.0238. The van der Waals surface area contributed by atoms with Crippen molar-refractivity contribution in [2.24, 2.45) is 5.73 Å². The molecule has 0 aromatic carbocycles. The van der Waals surface area contributed by atoms with E-state index >= 15 is 0 Å². The van der Waals surface area contributed by atoms with E-state index in [9.17, 15) is 19.0 Å². The Hall–Kier alpha value is -2.07. The zero-order chi connectivity index (χ0) is 39.1. The van der Waals surface area contributed by atoms with E-state index in [2.05, 4.69) is 62.5 Å². The van der Waals surface area contributed by atoms with Crippen LogP contribution in [0.2, 0.25) is 0 Å². The van der Waals surface area contributed by atoms with Crippen molar-refractivity contribution in [2.75, 3.05) is 26.4 Å². The van der Waals surface area contributed by atoms with Crippen molar-refractivity contribution in [2.45, 2.75) is 180 Å². The molecule has 0 saturated carbocycles. The summed E-state index contributed by atoms with van der Waals surface area (Å²) in [6.07, 6.45) is 43.0. The van der Waals surface area contributed by atoms with Gasteiger partial charge in [-0.25, -0.2) is 4.57 Å². The molecule has 11 heteroatoms. The fourth-order valence-electron chi connectivity index (χ4n) is 5.38. The van der Waals surface area contributed by atoms with E-state index in [0.29, 0.717) is 13.0 Å². The number of phosphoric acid groups is 1. The van der Waals surface area contributed by atoms with Crippen molar-refractivity contribution in [3.8, 4) is 0 Å². The van der Waals surface area contributed by atoms with Gasteiger partial charge in [-0.2, -0.15) is 0 Å². The summed E-state index contributed by atoms with van der Waals surface area (Å²) in [4.78, 5) is 33.5. The van der Waals surface area contributed by atoms with Gasteiger partial charge < -0.3 is 25.2 Å². The Bertz CT molecular complexity index is 1030. The molecular formula is C42H76NO9P. The standard InChI is InChI=1S/C42H76NO9P/c1-3-5-7-9-11-13-15-17-19-21-23-25-27-29-31-33-35-49-36-39(37-50-53(47,48)51-38-40(43)42(45)46)52-41(44)34-32-30-28-26-24-22-20-18-16-14-12-10-8-6-4-2/h5,7,11,13,17-20,39-40H,3-4,6,8-10,12,14-16,21-38,43H2,1-2H3,(H,45,46)(H,47,48)/b7-5-,13-11-,19-17-,20-18-. The molecule has 10 nitrogen and oxygen atoms in total. The van der Waals surface area contributed by atoms with Crippen LogP contribution in [0, 0.1) is 0 Å². The first kappa shape index (κ1) is 50.9. The summed E-state index contributed by atoms with van der Waals surface area (Å²) >= 11 is 0. The largest absolute Gasteiger partial charge is 0.480 e. The Morgan fingerprint density at radius 3 is 1.66 bits per heavy atom. The van der Waals surface area contributed by atoms with E-state index in [1.54, 1.807) is 0 Å². The van der Waals surface area contributed by atoms with Gasteiger partial charge >= 0.3 is 19.8 Å². The number of hydrogen-bond acceptors (Lipinski definition) is 8. The van der Waals surface area contributed by atoms with Gasteiger partial charge in [-0.15, -0.1) is 0 Å². The lowest BCUT2D eigenvalue weighted by molar-refractivity contribution is -0.154. The number of allylic oxidation sites excluding steroid dienone is 8. The van der Waals surface area contributed by atoms with Crippen molar-refractivity contribution < 1.29 is 42.7 Å². The van der Waals surface area contributed by atoms with Crippen LogP contribution in [0.3, 0.4) is 0 Å². The summed E-state index contributed by atoms with van der Waals surface area (Å²) in [5, 5.41) is 8.88. The summed E-state index contributed by atoms with van der Waals surface area (Å²) in [6.45, 7) is 3.71. The molecule has 308 valence electrons. The number of nitrogens with two attached hydrogens (primary N) is 1. The molecule has 0 heterocycles. The second-order valence-electron chi connectivity index (χ2n) is 13.7. The van der Waals surface area contributed by atoms with Crippen LogP contribution >= 0.6 is 7.82 Å². The van der Waals surface area contributed by atoms with E-state index in [1.165, 1.54) is 64.2 Å². The van der Waals surface area contributed by atoms with Gasteiger partial charge in [-0.05, 0) is 70.6 Å². The van der Waals surface area contributed by atoms with Crippen molar-refractivity contribution >= 4 is 19.8 Å². The topological polar surface area (TPSA) is 155 Å². The highest BCUT2D eigenvalue weighted by Gasteiger charge is 2.27. The molecule has 0 spiro atoms. The number of carboxylic acids is 1. The molecule has 0 aliphatic carbocycles. The molecule has 0 aliphatic rings. The number of unbranched alkanes of at least 4 members (excludes halogenated alkanes) is 17. The van der Waals surface area contributed by atoms with Crippen LogP contribution in [-0.2, 0) is 32.7 Å². The van der Waals surface area contributed by atoms with Crippen LogP contribution in [0.4, 0.5) is 0 Å². The van der Waals surface area contributed by atoms with Gasteiger partial charge in [0.15, 0.2) is 0 Å². The molecule has 0 fully saturated rings. The first-order valence-electron chi connectivity index (χ1n) is 20.7. The van der Waals surface area contributed by atoms with Crippen LogP contribution in [0.1, 0.15) is 168 Å². The molecule has 3 atom stereocenters. The van der Waals surface area contributed by atoms with E-state index < -0.39 is 45.1 Å². The molecule has 3 unspecified atom stereocenters. The molecule has 0 aromatic heterocycles. The first-order chi connectivity index (χ1) is 25.7. The monoisotopic (exact) mass is 770 g/mol. The molecule has 0 aliphatic heterocycles. The third-order valence-corrected chi connectivity index (χ3v) is 9.54. The third-order valence-electron chi connectivity index (χ3n) is 8.59. The van der Waals surface area contributed by atoms with Gasteiger partial charge in [0.2, 0.25) is 0 Å². The second-order valence-corrected chi connectivity index (χ2v) is 15.2. The van der Waals surface area contributed by atoms with Crippen LogP contribution in [-0.4, -0.2) is 60.5 Å². The van der Waals surface area contributed by atoms with E-state index in [4.69, 9.17) is 29.4 Å². The lowest BCUT2D eigenvalue weighted by atomic mass is 10.1. The average Bonchev–Trinajstić information content (AvgIpc) is 3.13. The van der Waals surface area contributed by atoms with Gasteiger partial charge in [-0.1, -0.05) is 140 Å². The summed E-state index contributed by atoms with van der Waals surface area (Å²) in [6, 6.07) is -1.48. The maximum atomic E-state index is 12.6. The number of ether oxygens (including phenoxy) is 2. The first-order valence-corrected chi connectivity index (χ1v) is 22.2. The summed E-state index contributed by atoms with van der Waals surface area (Å²) < 4.78 is 33.3. The smallest absolute Gasteiger partial charge is 0.472 e. The predicted octanol–water partition coefficient (Wildman–Crippen LogP) is 11.1. The minimum atomic E-state index is -4.62. The molecule has 0 bridgehead atoms. The molecular weight excluding hydrogens is 693 g/mol. The minimum Gasteiger partial charge on any atom is -0.480 e.